The molecule has 0 spiro atoms. The molecule has 0 bridgehead atoms. The lowest BCUT2D eigenvalue weighted by Gasteiger charge is -2.23. The van der Waals surface area contributed by atoms with Crippen LogP contribution in [-0.4, -0.2) is 41.2 Å². The smallest absolute Gasteiger partial charge is 0.325 e. The predicted molar refractivity (Wildman–Crippen MR) is 108 cm³/mol. The summed E-state index contributed by atoms with van der Waals surface area (Å²) in [5.41, 5.74) is 0.648. The third-order valence-corrected chi connectivity index (χ3v) is 5.34. The van der Waals surface area contributed by atoms with Gasteiger partial charge in [0.2, 0.25) is 5.91 Å². The Labute approximate surface area is 170 Å². The maximum atomic E-state index is 13.0. The largest absolute Gasteiger partial charge is 0.464 e. The van der Waals surface area contributed by atoms with Gasteiger partial charge in [-0.3, -0.25) is 14.5 Å². The first-order valence-corrected chi connectivity index (χ1v) is 9.65. The van der Waals surface area contributed by atoms with E-state index in [1.807, 2.05) is 37.3 Å². The SMILES string of the molecule is Cc1ccc(CN(C)C(=O)CN2C(=O)N[C@@](C)(c3ccc(C(C)C)cc3)C2=O)o1. The lowest BCUT2D eigenvalue weighted by Crippen LogP contribution is -2.43. The second kappa shape index (κ2) is 7.73. The zero-order valence-corrected chi connectivity index (χ0v) is 17.5. The summed E-state index contributed by atoms with van der Waals surface area (Å²) < 4.78 is 5.48. The molecule has 2 aromatic rings. The van der Waals surface area contributed by atoms with Gasteiger partial charge in [-0.1, -0.05) is 38.1 Å². The van der Waals surface area contributed by atoms with Crippen LogP contribution in [0.4, 0.5) is 4.79 Å². The molecule has 1 aromatic heterocycles. The van der Waals surface area contributed by atoms with Crippen molar-refractivity contribution in [2.45, 2.75) is 45.7 Å². The number of nitrogens with zero attached hydrogens (tertiary/aromatic N) is 2. The second-order valence-electron chi connectivity index (χ2n) is 7.99. The van der Waals surface area contributed by atoms with Crippen molar-refractivity contribution in [3.05, 3.63) is 59.0 Å². The standard InChI is InChI=1S/C22H27N3O4/c1-14(2)16-7-9-17(10-8-16)22(4)20(27)25(21(28)23-22)13-19(26)24(5)12-18-11-6-15(3)29-18/h6-11,14H,12-13H2,1-5H3,(H,23,28)/t22-/m0/s1. The molecule has 0 radical (unpaired) electrons. The van der Waals surface area contributed by atoms with Crippen LogP contribution in [-0.2, 0) is 21.7 Å². The highest BCUT2D eigenvalue weighted by atomic mass is 16.3. The molecule has 1 N–H and O–H groups in total. The van der Waals surface area contributed by atoms with Crippen LogP contribution < -0.4 is 5.32 Å². The zero-order chi connectivity index (χ0) is 21.3. The minimum Gasteiger partial charge on any atom is -0.464 e. The van der Waals surface area contributed by atoms with Crippen molar-refractivity contribution in [1.82, 2.24) is 15.1 Å². The molecule has 1 aromatic carbocycles. The maximum Gasteiger partial charge on any atom is 0.325 e. The first-order chi connectivity index (χ1) is 13.6. The van der Waals surface area contributed by atoms with Gasteiger partial charge in [0, 0.05) is 7.05 Å². The van der Waals surface area contributed by atoms with Crippen molar-refractivity contribution in [1.29, 1.82) is 0 Å². The summed E-state index contributed by atoms with van der Waals surface area (Å²) in [4.78, 5) is 40.5. The number of amides is 4. The predicted octanol–water partition coefficient (Wildman–Crippen LogP) is 3.14. The molecule has 1 aliphatic heterocycles. The van der Waals surface area contributed by atoms with E-state index < -0.39 is 17.5 Å². The van der Waals surface area contributed by atoms with E-state index in [1.54, 1.807) is 20.0 Å². The molecule has 1 atom stereocenters. The number of benzene rings is 1. The van der Waals surface area contributed by atoms with E-state index in [0.29, 0.717) is 17.2 Å². The van der Waals surface area contributed by atoms with Crippen LogP contribution in [0.1, 0.15) is 49.3 Å². The fourth-order valence-corrected chi connectivity index (χ4v) is 3.39. The van der Waals surface area contributed by atoms with E-state index >= 15 is 0 Å². The molecule has 3 rings (SSSR count). The number of hydrogen-bond acceptors (Lipinski definition) is 4. The number of carbonyl (C=O) groups excluding carboxylic acids is 3. The molecule has 2 heterocycles. The van der Waals surface area contributed by atoms with Gasteiger partial charge in [-0.25, -0.2) is 4.79 Å². The number of furan rings is 1. The number of urea groups is 1. The van der Waals surface area contributed by atoms with Gasteiger partial charge in [-0.05, 0) is 43.0 Å². The summed E-state index contributed by atoms with van der Waals surface area (Å²) in [6.07, 6.45) is 0. The lowest BCUT2D eigenvalue weighted by molar-refractivity contribution is -0.138. The van der Waals surface area contributed by atoms with Crippen LogP contribution in [0, 0.1) is 6.92 Å². The van der Waals surface area contributed by atoms with Crippen molar-refractivity contribution in [3.63, 3.8) is 0 Å². The topological polar surface area (TPSA) is 82.9 Å². The van der Waals surface area contributed by atoms with E-state index in [2.05, 4.69) is 19.2 Å². The maximum absolute atomic E-state index is 13.0. The lowest BCUT2D eigenvalue weighted by atomic mass is 9.90. The molecule has 7 nitrogen and oxygen atoms in total. The summed E-state index contributed by atoms with van der Waals surface area (Å²) in [6.45, 7) is 7.62. The first-order valence-electron chi connectivity index (χ1n) is 9.65. The number of imide groups is 1. The Balaban J connectivity index is 1.71. The number of rotatable bonds is 6. The summed E-state index contributed by atoms with van der Waals surface area (Å²) in [7, 11) is 1.61. The molecule has 7 heteroatoms. The minimum absolute atomic E-state index is 0.268. The van der Waals surface area contributed by atoms with Gasteiger partial charge in [-0.2, -0.15) is 0 Å². The molecule has 4 amide bonds. The van der Waals surface area contributed by atoms with E-state index in [9.17, 15) is 14.4 Å². The van der Waals surface area contributed by atoms with Crippen LogP contribution >= 0.6 is 0 Å². The van der Waals surface area contributed by atoms with Gasteiger partial charge in [0.1, 0.15) is 23.6 Å². The quantitative estimate of drug-likeness (QED) is 0.759. The highest BCUT2D eigenvalue weighted by Gasteiger charge is 2.49. The van der Waals surface area contributed by atoms with Gasteiger partial charge in [0.15, 0.2) is 0 Å². The van der Waals surface area contributed by atoms with Gasteiger partial charge in [0.05, 0.1) is 6.54 Å². The monoisotopic (exact) mass is 397 g/mol. The molecule has 154 valence electrons. The Bertz CT molecular complexity index is 932. The number of aryl methyl sites for hydroxylation is 1. The molecule has 1 fully saturated rings. The van der Waals surface area contributed by atoms with Gasteiger partial charge in [0.25, 0.3) is 5.91 Å². The summed E-state index contributed by atoms with van der Waals surface area (Å²) in [5, 5.41) is 2.74. The summed E-state index contributed by atoms with van der Waals surface area (Å²) in [6, 6.07) is 10.7. The van der Waals surface area contributed by atoms with Crippen molar-refractivity contribution >= 4 is 17.8 Å². The van der Waals surface area contributed by atoms with E-state index in [-0.39, 0.29) is 19.0 Å². The third kappa shape index (κ3) is 4.04. The molecule has 0 saturated carbocycles. The van der Waals surface area contributed by atoms with Crippen LogP contribution in [0.2, 0.25) is 0 Å². The second-order valence-corrected chi connectivity index (χ2v) is 7.99. The molecule has 1 saturated heterocycles. The van der Waals surface area contributed by atoms with E-state index in [4.69, 9.17) is 4.42 Å². The zero-order valence-electron chi connectivity index (χ0n) is 17.5. The van der Waals surface area contributed by atoms with Crippen molar-refractivity contribution in [2.24, 2.45) is 0 Å². The Kier molecular flexibility index (Phi) is 5.50. The Hall–Kier alpha value is -3.09. The summed E-state index contributed by atoms with van der Waals surface area (Å²) in [5.74, 6) is 0.991. The fraction of sp³-hybridized carbons (Fsp3) is 0.409. The first kappa shape index (κ1) is 20.6. The number of nitrogens with one attached hydrogen (secondary N) is 1. The molecular formula is C22H27N3O4. The van der Waals surface area contributed by atoms with Crippen LogP contribution in [0.3, 0.4) is 0 Å². The third-order valence-electron chi connectivity index (χ3n) is 5.34. The molecule has 1 aliphatic rings. The van der Waals surface area contributed by atoms with E-state index in [0.717, 1.165) is 16.2 Å². The van der Waals surface area contributed by atoms with Crippen LogP contribution in [0.5, 0.6) is 0 Å². The molecular weight excluding hydrogens is 370 g/mol. The normalized spacial score (nSPS) is 19.0. The van der Waals surface area contributed by atoms with Crippen LogP contribution in [0.15, 0.2) is 40.8 Å². The van der Waals surface area contributed by atoms with Crippen LogP contribution in [0.25, 0.3) is 0 Å². The molecule has 29 heavy (non-hydrogen) atoms. The molecule has 0 unspecified atom stereocenters. The fourth-order valence-electron chi connectivity index (χ4n) is 3.39. The van der Waals surface area contributed by atoms with Crippen molar-refractivity contribution < 1.29 is 18.8 Å². The number of hydrogen-bond donors (Lipinski definition) is 1. The Morgan fingerprint density at radius 1 is 1.17 bits per heavy atom. The number of likely N-dealkylation sites (N-methyl/N-ethyl adjacent to an activating group) is 1. The highest BCUT2D eigenvalue weighted by Crippen LogP contribution is 2.30. The average molecular weight is 397 g/mol. The highest BCUT2D eigenvalue weighted by molar-refractivity contribution is 6.09. The summed E-state index contributed by atoms with van der Waals surface area (Å²) >= 11 is 0. The Morgan fingerprint density at radius 3 is 2.38 bits per heavy atom. The van der Waals surface area contributed by atoms with Crippen molar-refractivity contribution in [2.75, 3.05) is 13.6 Å². The number of carbonyl (C=O) groups is 3. The van der Waals surface area contributed by atoms with Gasteiger partial charge >= 0.3 is 6.03 Å². The average Bonchev–Trinajstić information content (AvgIpc) is 3.18. The van der Waals surface area contributed by atoms with Gasteiger partial charge in [-0.15, -0.1) is 0 Å². The van der Waals surface area contributed by atoms with Crippen molar-refractivity contribution in [3.8, 4) is 0 Å². The van der Waals surface area contributed by atoms with Gasteiger partial charge < -0.3 is 14.6 Å². The molecule has 0 aliphatic carbocycles. The van der Waals surface area contributed by atoms with E-state index in [1.165, 1.54) is 4.90 Å². The Morgan fingerprint density at radius 2 is 1.83 bits per heavy atom. The minimum atomic E-state index is -1.19.